The molecule has 0 heterocycles. The molecule has 1 aliphatic rings. The van der Waals surface area contributed by atoms with Crippen molar-refractivity contribution in [3.05, 3.63) is 70.8 Å². The zero-order chi connectivity index (χ0) is 13.9. The highest BCUT2D eigenvalue weighted by Crippen LogP contribution is 2.37. The summed E-state index contributed by atoms with van der Waals surface area (Å²) in [6.45, 7) is 4.64. The van der Waals surface area contributed by atoms with Gasteiger partial charge in [0, 0.05) is 0 Å². The molecule has 0 fully saturated rings. The van der Waals surface area contributed by atoms with Gasteiger partial charge in [-0.25, -0.2) is 0 Å². The smallest absolute Gasteiger partial charge is 0.0121 e. The molecule has 20 heavy (non-hydrogen) atoms. The van der Waals surface area contributed by atoms with Crippen molar-refractivity contribution in [1.29, 1.82) is 0 Å². The van der Waals surface area contributed by atoms with Gasteiger partial charge < -0.3 is 0 Å². The molecule has 104 valence electrons. The van der Waals surface area contributed by atoms with E-state index in [0.717, 1.165) is 0 Å². The Bertz CT molecular complexity index is 529. The second-order valence-corrected chi connectivity index (χ2v) is 6.02. The van der Waals surface area contributed by atoms with Crippen molar-refractivity contribution in [2.75, 3.05) is 0 Å². The average molecular weight is 264 g/mol. The maximum Gasteiger partial charge on any atom is -0.0121 e. The summed E-state index contributed by atoms with van der Waals surface area (Å²) in [6.07, 6.45) is 4.84. The number of rotatable bonds is 2. The first-order valence-corrected chi connectivity index (χ1v) is 7.99. The summed E-state index contributed by atoms with van der Waals surface area (Å²) in [5.41, 5.74) is 6.31. The van der Waals surface area contributed by atoms with E-state index in [9.17, 15) is 0 Å². The molecule has 1 aliphatic carbocycles. The Balaban J connectivity index is 2.10. The maximum absolute atomic E-state index is 2.35. The zero-order valence-electron chi connectivity index (χ0n) is 12.6. The molecule has 0 radical (unpaired) electrons. The van der Waals surface area contributed by atoms with Crippen molar-refractivity contribution in [3.8, 4) is 0 Å². The minimum atomic E-state index is 0.671. The van der Waals surface area contributed by atoms with Gasteiger partial charge in [-0.15, -0.1) is 0 Å². The third-order valence-corrected chi connectivity index (χ3v) is 4.91. The van der Waals surface area contributed by atoms with E-state index >= 15 is 0 Å². The van der Waals surface area contributed by atoms with Crippen molar-refractivity contribution < 1.29 is 0 Å². The van der Waals surface area contributed by atoms with Gasteiger partial charge in [0.25, 0.3) is 0 Å². The van der Waals surface area contributed by atoms with Crippen LogP contribution in [0.25, 0.3) is 0 Å². The summed E-state index contributed by atoms with van der Waals surface area (Å²) in [5, 5.41) is 0. The van der Waals surface area contributed by atoms with Gasteiger partial charge in [0.05, 0.1) is 0 Å². The maximum atomic E-state index is 2.35. The molecule has 0 amide bonds. The lowest BCUT2D eigenvalue weighted by molar-refractivity contribution is 0.589. The lowest BCUT2D eigenvalue weighted by atomic mass is 9.76. The van der Waals surface area contributed by atoms with Crippen LogP contribution in [-0.4, -0.2) is 0 Å². The van der Waals surface area contributed by atoms with Crippen LogP contribution >= 0.6 is 0 Å². The van der Waals surface area contributed by atoms with E-state index < -0.39 is 0 Å². The fourth-order valence-electron chi connectivity index (χ4n) is 3.72. The molecule has 2 aromatic carbocycles. The molecule has 0 bridgehead atoms. The lowest BCUT2D eigenvalue weighted by Gasteiger charge is -2.28. The Morgan fingerprint density at radius 3 is 1.50 bits per heavy atom. The predicted octanol–water partition coefficient (Wildman–Crippen LogP) is 5.47. The standard InChI is InChI=1S/C20H24/c1-3-15-13-17-9-6-8-12-20(17)16(4-2)14-18-10-5-7-11-19(15)18/h5-12,15-16H,3-4,13-14H2,1-2H3. The van der Waals surface area contributed by atoms with Crippen molar-refractivity contribution >= 4 is 0 Å². The van der Waals surface area contributed by atoms with E-state index in [2.05, 4.69) is 62.4 Å². The Morgan fingerprint density at radius 2 is 1.10 bits per heavy atom. The highest BCUT2D eigenvalue weighted by Gasteiger charge is 2.23. The largest absolute Gasteiger partial charge is 0.0648 e. The quantitative estimate of drug-likeness (QED) is 0.674. The Hall–Kier alpha value is -1.56. The molecule has 3 rings (SSSR count). The van der Waals surface area contributed by atoms with Crippen LogP contribution in [0.2, 0.25) is 0 Å². The van der Waals surface area contributed by atoms with Crippen molar-refractivity contribution in [3.63, 3.8) is 0 Å². The highest BCUT2D eigenvalue weighted by atomic mass is 14.3. The number of hydrogen-bond acceptors (Lipinski definition) is 0. The predicted molar refractivity (Wildman–Crippen MR) is 86.4 cm³/mol. The lowest BCUT2D eigenvalue weighted by Crippen LogP contribution is -2.15. The Kier molecular flexibility index (Phi) is 3.91. The first-order valence-electron chi connectivity index (χ1n) is 7.99. The van der Waals surface area contributed by atoms with Crippen molar-refractivity contribution in [2.24, 2.45) is 0 Å². The monoisotopic (exact) mass is 264 g/mol. The van der Waals surface area contributed by atoms with E-state index in [1.54, 1.807) is 22.3 Å². The topological polar surface area (TPSA) is 0 Å². The average Bonchev–Trinajstić information content (AvgIpc) is 2.49. The Morgan fingerprint density at radius 1 is 0.700 bits per heavy atom. The summed E-state index contributed by atoms with van der Waals surface area (Å²) in [6, 6.07) is 18.2. The summed E-state index contributed by atoms with van der Waals surface area (Å²) < 4.78 is 0. The van der Waals surface area contributed by atoms with Crippen LogP contribution in [0.5, 0.6) is 0 Å². The SMILES string of the molecule is CCC1Cc2ccccc2C(CC)Cc2ccccc21. The molecule has 2 atom stereocenters. The molecule has 2 aromatic rings. The van der Waals surface area contributed by atoms with Crippen LogP contribution in [-0.2, 0) is 12.8 Å². The van der Waals surface area contributed by atoms with Crippen molar-refractivity contribution in [1.82, 2.24) is 0 Å². The second-order valence-electron chi connectivity index (χ2n) is 6.02. The molecule has 0 aliphatic heterocycles. The first-order chi connectivity index (χ1) is 9.83. The van der Waals surface area contributed by atoms with Crippen LogP contribution in [0.15, 0.2) is 48.5 Å². The summed E-state index contributed by atoms with van der Waals surface area (Å²) in [4.78, 5) is 0. The van der Waals surface area contributed by atoms with Gasteiger partial charge >= 0.3 is 0 Å². The normalized spacial score (nSPS) is 21.5. The molecule has 0 saturated carbocycles. The molecule has 0 nitrogen and oxygen atoms in total. The van der Waals surface area contributed by atoms with Gasteiger partial charge in [-0.3, -0.25) is 0 Å². The molecule has 2 unspecified atom stereocenters. The van der Waals surface area contributed by atoms with Crippen LogP contribution in [0.3, 0.4) is 0 Å². The van der Waals surface area contributed by atoms with E-state index in [-0.39, 0.29) is 0 Å². The molecule has 0 saturated heterocycles. The van der Waals surface area contributed by atoms with Crippen LogP contribution in [0.4, 0.5) is 0 Å². The van der Waals surface area contributed by atoms with E-state index in [1.807, 2.05) is 0 Å². The summed E-state index contributed by atoms with van der Waals surface area (Å²) in [5.74, 6) is 1.34. The van der Waals surface area contributed by atoms with Gasteiger partial charge in [-0.2, -0.15) is 0 Å². The van der Waals surface area contributed by atoms with E-state index in [4.69, 9.17) is 0 Å². The third kappa shape index (κ3) is 2.40. The van der Waals surface area contributed by atoms with Crippen LogP contribution in [0.1, 0.15) is 60.8 Å². The first kappa shape index (κ1) is 13.4. The van der Waals surface area contributed by atoms with Gasteiger partial charge in [0.15, 0.2) is 0 Å². The van der Waals surface area contributed by atoms with E-state index in [0.29, 0.717) is 11.8 Å². The molecule has 0 aromatic heterocycles. The fourth-order valence-corrected chi connectivity index (χ4v) is 3.72. The fraction of sp³-hybridized carbons (Fsp3) is 0.400. The minimum absolute atomic E-state index is 0.671. The minimum Gasteiger partial charge on any atom is -0.0648 e. The molecule has 0 N–H and O–H groups in total. The molecule has 0 spiro atoms. The van der Waals surface area contributed by atoms with Gasteiger partial charge in [0.1, 0.15) is 0 Å². The molecular formula is C20H24. The molecular weight excluding hydrogens is 240 g/mol. The Labute approximate surface area is 122 Å². The van der Waals surface area contributed by atoms with E-state index in [1.165, 1.54) is 25.7 Å². The molecule has 0 heteroatoms. The number of hydrogen-bond donors (Lipinski definition) is 0. The third-order valence-electron chi connectivity index (χ3n) is 4.91. The number of benzene rings is 2. The number of fused-ring (bicyclic) bond motifs is 2. The van der Waals surface area contributed by atoms with Gasteiger partial charge in [-0.1, -0.05) is 62.4 Å². The highest BCUT2D eigenvalue weighted by molar-refractivity contribution is 5.40. The van der Waals surface area contributed by atoms with Crippen LogP contribution in [0, 0.1) is 0 Å². The summed E-state index contributed by atoms with van der Waals surface area (Å²) >= 11 is 0. The van der Waals surface area contributed by atoms with Crippen LogP contribution < -0.4 is 0 Å². The summed E-state index contributed by atoms with van der Waals surface area (Å²) in [7, 11) is 0. The second kappa shape index (κ2) is 5.83. The van der Waals surface area contributed by atoms with Gasteiger partial charge in [0.2, 0.25) is 0 Å². The van der Waals surface area contributed by atoms with Crippen molar-refractivity contribution in [2.45, 2.75) is 51.4 Å². The van der Waals surface area contributed by atoms with Gasteiger partial charge in [-0.05, 0) is 59.8 Å². The zero-order valence-corrected chi connectivity index (χ0v) is 12.6.